The van der Waals surface area contributed by atoms with E-state index in [0.29, 0.717) is 6.04 Å². The van der Waals surface area contributed by atoms with Crippen molar-refractivity contribution in [2.75, 3.05) is 6.61 Å². The van der Waals surface area contributed by atoms with Gasteiger partial charge in [-0.2, -0.15) is 0 Å². The number of hydrogen-bond acceptors (Lipinski definition) is 2. The van der Waals surface area contributed by atoms with Crippen molar-refractivity contribution in [1.29, 1.82) is 0 Å². The molecule has 1 aromatic carbocycles. The maximum absolute atomic E-state index is 8.96. The molecule has 2 atom stereocenters. The van der Waals surface area contributed by atoms with Gasteiger partial charge < -0.3 is 10.4 Å². The highest BCUT2D eigenvalue weighted by atomic mass is 16.3. The molecule has 2 heteroatoms. The van der Waals surface area contributed by atoms with E-state index in [9.17, 15) is 0 Å². The summed E-state index contributed by atoms with van der Waals surface area (Å²) in [4.78, 5) is 0. The maximum Gasteiger partial charge on any atom is 0.0582 e. The maximum atomic E-state index is 8.96. The molecule has 0 saturated heterocycles. The Morgan fingerprint density at radius 1 is 1.29 bits per heavy atom. The van der Waals surface area contributed by atoms with Gasteiger partial charge in [0.25, 0.3) is 0 Å². The summed E-state index contributed by atoms with van der Waals surface area (Å²) in [5.74, 6) is 0. The third kappa shape index (κ3) is 3.13. The van der Waals surface area contributed by atoms with Crippen molar-refractivity contribution in [3.8, 4) is 0 Å². The number of aliphatic hydroxyl groups is 1. The van der Waals surface area contributed by atoms with Crippen LogP contribution in [0.15, 0.2) is 30.3 Å². The van der Waals surface area contributed by atoms with Crippen LogP contribution < -0.4 is 5.32 Å². The van der Waals surface area contributed by atoms with Crippen LogP contribution in [0.25, 0.3) is 0 Å². The molecular weight excluding hydrogens is 174 g/mol. The van der Waals surface area contributed by atoms with Gasteiger partial charge in [-0.25, -0.2) is 0 Å². The molecule has 1 rings (SSSR count). The lowest BCUT2D eigenvalue weighted by Crippen LogP contribution is -2.32. The van der Waals surface area contributed by atoms with E-state index in [2.05, 4.69) is 24.4 Å². The van der Waals surface area contributed by atoms with E-state index >= 15 is 0 Å². The fraction of sp³-hybridized carbons (Fsp3) is 0.500. The van der Waals surface area contributed by atoms with Gasteiger partial charge in [0.1, 0.15) is 0 Å². The Labute approximate surface area is 86.0 Å². The summed E-state index contributed by atoms with van der Waals surface area (Å²) in [5.41, 5.74) is 1.29. The molecule has 0 aliphatic heterocycles. The van der Waals surface area contributed by atoms with Gasteiger partial charge in [-0.3, -0.25) is 0 Å². The summed E-state index contributed by atoms with van der Waals surface area (Å²) in [6, 6.07) is 10.8. The smallest absolute Gasteiger partial charge is 0.0582 e. The standard InChI is InChI=1S/C12H19NO/c1-3-12(13-10(2)9-14)11-7-5-4-6-8-11/h4-8,10,12-14H,3,9H2,1-2H3/t10-,12+/m1/s1. The first-order valence-corrected chi connectivity index (χ1v) is 5.19. The molecule has 0 aromatic heterocycles. The fourth-order valence-electron chi connectivity index (χ4n) is 1.53. The second-order valence-electron chi connectivity index (χ2n) is 3.62. The van der Waals surface area contributed by atoms with Crippen LogP contribution in [0.3, 0.4) is 0 Å². The molecule has 0 aliphatic rings. The molecule has 78 valence electrons. The van der Waals surface area contributed by atoms with Crippen LogP contribution in [0.1, 0.15) is 31.9 Å². The second kappa shape index (κ2) is 5.78. The third-order valence-electron chi connectivity index (χ3n) is 2.37. The van der Waals surface area contributed by atoms with Gasteiger partial charge in [0.2, 0.25) is 0 Å². The molecule has 0 bridgehead atoms. The molecule has 1 aromatic rings. The lowest BCUT2D eigenvalue weighted by Gasteiger charge is -2.21. The predicted molar refractivity (Wildman–Crippen MR) is 59.2 cm³/mol. The Kier molecular flexibility index (Phi) is 4.63. The van der Waals surface area contributed by atoms with Crippen molar-refractivity contribution in [3.05, 3.63) is 35.9 Å². The normalized spacial score (nSPS) is 15.1. The van der Waals surface area contributed by atoms with Gasteiger partial charge in [-0.1, -0.05) is 37.3 Å². The zero-order valence-electron chi connectivity index (χ0n) is 8.90. The van der Waals surface area contributed by atoms with E-state index in [1.165, 1.54) is 5.56 Å². The van der Waals surface area contributed by atoms with Gasteiger partial charge in [0.05, 0.1) is 6.61 Å². The fourth-order valence-corrected chi connectivity index (χ4v) is 1.53. The Hall–Kier alpha value is -0.860. The zero-order valence-corrected chi connectivity index (χ0v) is 8.90. The number of aliphatic hydroxyl groups excluding tert-OH is 1. The number of nitrogens with one attached hydrogen (secondary N) is 1. The molecule has 0 heterocycles. The second-order valence-corrected chi connectivity index (χ2v) is 3.62. The van der Waals surface area contributed by atoms with Gasteiger partial charge >= 0.3 is 0 Å². The highest BCUT2D eigenvalue weighted by Gasteiger charge is 2.10. The largest absolute Gasteiger partial charge is 0.395 e. The van der Waals surface area contributed by atoms with Crippen LogP contribution in [0, 0.1) is 0 Å². The van der Waals surface area contributed by atoms with Gasteiger partial charge in [0.15, 0.2) is 0 Å². The van der Waals surface area contributed by atoms with Crippen molar-refractivity contribution >= 4 is 0 Å². The van der Waals surface area contributed by atoms with Crippen LogP contribution in [-0.2, 0) is 0 Å². The minimum atomic E-state index is 0.153. The molecule has 0 aliphatic carbocycles. The summed E-state index contributed by atoms with van der Waals surface area (Å²) in [6.07, 6.45) is 1.04. The highest BCUT2D eigenvalue weighted by Crippen LogP contribution is 2.16. The van der Waals surface area contributed by atoms with Gasteiger partial charge in [0, 0.05) is 12.1 Å². The number of hydrogen-bond donors (Lipinski definition) is 2. The van der Waals surface area contributed by atoms with Crippen LogP contribution >= 0.6 is 0 Å². The Morgan fingerprint density at radius 3 is 2.43 bits per heavy atom. The summed E-state index contributed by atoms with van der Waals surface area (Å²) in [7, 11) is 0. The van der Waals surface area contributed by atoms with Crippen molar-refractivity contribution < 1.29 is 5.11 Å². The summed E-state index contributed by atoms with van der Waals surface area (Å²) >= 11 is 0. The molecular formula is C12H19NO. The average molecular weight is 193 g/mol. The zero-order chi connectivity index (χ0) is 10.4. The quantitative estimate of drug-likeness (QED) is 0.750. The van der Waals surface area contributed by atoms with Crippen LogP contribution in [0.5, 0.6) is 0 Å². The van der Waals surface area contributed by atoms with Crippen LogP contribution in [0.4, 0.5) is 0 Å². The molecule has 0 spiro atoms. The lowest BCUT2D eigenvalue weighted by atomic mass is 10.0. The van der Waals surface area contributed by atoms with Crippen molar-refractivity contribution in [2.24, 2.45) is 0 Å². The van der Waals surface area contributed by atoms with Crippen LogP contribution in [-0.4, -0.2) is 17.8 Å². The first-order chi connectivity index (χ1) is 6.77. The van der Waals surface area contributed by atoms with Crippen molar-refractivity contribution in [3.63, 3.8) is 0 Å². The molecule has 0 unspecified atom stereocenters. The topological polar surface area (TPSA) is 32.3 Å². The first-order valence-electron chi connectivity index (χ1n) is 5.19. The first kappa shape index (κ1) is 11.2. The minimum Gasteiger partial charge on any atom is -0.395 e. The van der Waals surface area contributed by atoms with E-state index in [1.807, 2.05) is 25.1 Å². The predicted octanol–water partition coefficient (Wildman–Crippen LogP) is 2.11. The number of benzene rings is 1. The molecule has 0 fully saturated rings. The minimum absolute atomic E-state index is 0.153. The third-order valence-corrected chi connectivity index (χ3v) is 2.37. The lowest BCUT2D eigenvalue weighted by molar-refractivity contribution is 0.239. The Balaban J connectivity index is 2.63. The molecule has 2 nitrogen and oxygen atoms in total. The Bertz CT molecular complexity index is 248. The van der Waals surface area contributed by atoms with E-state index in [-0.39, 0.29) is 12.6 Å². The summed E-state index contributed by atoms with van der Waals surface area (Å²) < 4.78 is 0. The van der Waals surface area contributed by atoms with E-state index < -0.39 is 0 Å². The molecule has 2 N–H and O–H groups in total. The summed E-state index contributed by atoms with van der Waals surface area (Å²) in [6.45, 7) is 4.32. The van der Waals surface area contributed by atoms with E-state index in [0.717, 1.165) is 6.42 Å². The average Bonchev–Trinajstić information content (AvgIpc) is 2.26. The Morgan fingerprint density at radius 2 is 1.93 bits per heavy atom. The van der Waals surface area contributed by atoms with Crippen molar-refractivity contribution in [2.45, 2.75) is 32.4 Å². The monoisotopic (exact) mass is 193 g/mol. The molecule has 0 saturated carbocycles. The van der Waals surface area contributed by atoms with Gasteiger partial charge in [-0.05, 0) is 18.9 Å². The summed E-state index contributed by atoms with van der Waals surface area (Å²) in [5, 5.41) is 12.3. The van der Waals surface area contributed by atoms with Crippen molar-refractivity contribution in [1.82, 2.24) is 5.32 Å². The van der Waals surface area contributed by atoms with E-state index in [4.69, 9.17) is 5.11 Å². The molecule has 14 heavy (non-hydrogen) atoms. The molecule has 0 amide bonds. The van der Waals surface area contributed by atoms with Gasteiger partial charge in [-0.15, -0.1) is 0 Å². The highest BCUT2D eigenvalue weighted by molar-refractivity contribution is 5.18. The SMILES string of the molecule is CC[C@H](N[C@H](C)CO)c1ccccc1. The molecule has 0 radical (unpaired) electrons. The number of rotatable bonds is 5. The van der Waals surface area contributed by atoms with Crippen LogP contribution in [0.2, 0.25) is 0 Å². The van der Waals surface area contributed by atoms with E-state index in [1.54, 1.807) is 0 Å².